The number of hydrogen-bond acceptors (Lipinski definition) is 4. The number of fused-ring (bicyclic) bond motifs is 1. The Morgan fingerprint density at radius 2 is 1.79 bits per heavy atom. The second-order valence-corrected chi connectivity index (χ2v) is 12.3. The first-order valence-electron chi connectivity index (χ1n) is 13.3. The summed E-state index contributed by atoms with van der Waals surface area (Å²) in [7, 11) is 0. The van der Waals surface area contributed by atoms with Gasteiger partial charge in [-0.25, -0.2) is 0 Å². The summed E-state index contributed by atoms with van der Waals surface area (Å²) in [4.78, 5) is 0. The van der Waals surface area contributed by atoms with Crippen LogP contribution in [0.2, 0.25) is 0 Å². The molecule has 0 bridgehead atoms. The van der Waals surface area contributed by atoms with E-state index < -0.39 is 0 Å². The minimum absolute atomic E-state index is 0.0857. The molecule has 2 N–H and O–H groups in total. The summed E-state index contributed by atoms with van der Waals surface area (Å²) in [5.74, 6) is 2.31. The average Bonchev–Trinajstić information content (AvgIpc) is 2.76. The summed E-state index contributed by atoms with van der Waals surface area (Å²) >= 11 is 0. The van der Waals surface area contributed by atoms with Crippen LogP contribution in [0.3, 0.4) is 0 Å². The standard InChI is InChI=1S/C29H48NO4/c1-19(33-24-13-11-23(12-14-24)18-30(32)28(5,6)7)10-9-16-29(8)17-15-25-22(4)26(31)20(2)21(3)27(25)34-29/h11-14,18-22,25-27,31-32H,9-10,15-17H2,1-8H3/q+1. The van der Waals surface area contributed by atoms with Gasteiger partial charge in [-0.1, -0.05) is 20.8 Å². The predicted octanol–water partition coefficient (Wildman–Crippen LogP) is 6.08. The van der Waals surface area contributed by atoms with Crippen LogP contribution in [0.15, 0.2) is 24.3 Å². The van der Waals surface area contributed by atoms with E-state index in [0.29, 0.717) is 17.8 Å². The van der Waals surface area contributed by atoms with Gasteiger partial charge in [0.1, 0.15) is 5.75 Å². The highest BCUT2D eigenvalue weighted by Crippen LogP contribution is 2.48. The molecule has 1 aromatic rings. The minimum Gasteiger partial charge on any atom is -0.491 e. The first-order valence-corrected chi connectivity index (χ1v) is 13.3. The summed E-state index contributed by atoms with van der Waals surface area (Å²) in [5.41, 5.74) is 0.513. The highest BCUT2D eigenvalue weighted by Gasteiger charge is 2.50. The molecule has 1 aromatic carbocycles. The van der Waals surface area contributed by atoms with Gasteiger partial charge in [-0.15, -0.1) is 0 Å². The van der Waals surface area contributed by atoms with Crippen LogP contribution in [0.25, 0.3) is 0 Å². The molecule has 1 saturated carbocycles. The summed E-state index contributed by atoms with van der Waals surface area (Å²) < 4.78 is 14.2. The molecule has 8 unspecified atom stereocenters. The second-order valence-electron chi connectivity index (χ2n) is 12.3. The second kappa shape index (κ2) is 10.6. The van der Waals surface area contributed by atoms with Gasteiger partial charge in [0, 0.05) is 26.3 Å². The number of rotatable bonds is 7. The lowest BCUT2D eigenvalue weighted by atomic mass is 9.63. The molecule has 0 spiro atoms. The lowest BCUT2D eigenvalue weighted by molar-refractivity contribution is -0.816. The highest BCUT2D eigenvalue weighted by molar-refractivity contribution is 5.75. The van der Waals surface area contributed by atoms with Crippen molar-refractivity contribution in [2.75, 3.05) is 0 Å². The molecule has 0 amide bonds. The third kappa shape index (κ3) is 6.34. The number of nitrogens with zero attached hydrogens (tertiary/aromatic N) is 1. The minimum atomic E-state index is -0.337. The number of aliphatic hydroxyl groups is 1. The molecule has 1 saturated heterocycles. The van der Waals surface area contributed by atoms with Crippen molar-refractivity contribution in [3.05, 3.63) is 29.8 Å². The van der Waals surface area contributed by atoms with Gasteiger partial charge in [0.25, 0.3) is 0 Å². The van der Waals surface area contributed by atoms with Crippen molar-refractivity contribution in [1.82, 2.24) is 0 Å². The van der Waals surface area contributed by atoms with Gasteiger partial charge in [0.05, 0.1) is 23.9 Å². The van der Waals surface area contributed by atoms with E-state index in [9.17, 15) is 10.3 Å². The van der Waals surface area contributed by atoms with Gasteiger partial charge >= 0.3 is 0 Å². The lowest BCUT2D eigenvalue weighted by Gasteiger charge is -2.53. The van der Waals surface area contributed by atoms with E-state index in [0.717, 1.165) is 43.4 Å². The van der Waals surface area contributed by atoms with Crippen molar-refractivity contribution in [3.63, 3.8) is 0 Å². The molecule has 192 valence electrons. The quantitative estimate of drug-likeness (QED) is 0.218. The fraction of sp³-hybridized carbons (Fsp3) is 0.759. The third-order valence-corrected chi connectivity index (χ3v) is 8.44. The van der Waals surface area contributed by atoms with Crippen LogP contribution in [0.5, 0.6) is 5.75 Å². The molecular weight excluding hydrogens is 426 g/mol. The average molecular weight is 475 g/mol. The zero-order valence-electron chi connectivity index (χ0n) is 22.6. The highest BCUT2D eigenvalue weighted by atomic mass is 16.5. The van der Waals surface area contributed by atoms with E-state index in [2.05, 4.69) is 34.6 Å². The summed E-state index contributed by atoms with van der Waals surface area (Å²) in [6.07, 6.45) is 7.20. The molecule has 1 heterocycles. The summed E-state index contributed by atoms with van der Waals surface area (Å²) in [5, 5.41) is 20.7. The molecule has 2 aliphatic rings. The summed E-state index contributed by atoms with van der Waals surface area (Å²) in [6, 6.07) is 7.86. The number of hydrogen-bond donors (Lipinski definition) is 2. The van der Waals surface area contributed by atoms with Gasteiger partial charge in [-0.05, 0) is 98.6 Å². The van der Waals surface area contributed by atoms with E-state index >= 15 is 0 Å². The number of hydroxylamine groups is 1. The van der Waals surface area contributed by atoms with Crippen LogP contribution in [-0.2, 0) is 4.74 Å². The number of ether oxygens (including phenoxy) is 2. The van der Waals surface area contributed by atoms with E-state index in [1.165, 1.54) is 4.74 Å². The predicted molar refractivity (Wildman–Crippen MR) is 137 cm³/mol. The molecule has 8 atom stereocenters. The lowest BCUT2D eigenvalue weighted by Crippen LogP contribution is -2.56. The number of aliphatic hydroxyl groups excluding tert-OH is 1. The number of benzene rings is 1. The van der Waals surface area contributed by atoms with Gasteiger partial charge in [0.15, 0.2) is 0 Å². The van der Waals surface area contributed by atoms with Crippen molar-refractivity contribution < 1.29 is 24.5 Å². The maximum atomic E-state index is 10.6. The van der Waals surface area contributed by atoms with Crippen molar-refractivity contribution in [3.8, 4) is 5.75 Å². The Hall–Kier alpha value is -1.59. The van der Waals surface area contributed by atoms with E-state index in [1.807, 2.05) is 45.0 Å². The first kappa shape index (κ1) is 27.0. The Balaban J connectivity index is 1.48. The molecule has 3 rings (SSSR count). The SMILES string of the molecule is CC(CCCC1(C)CCC2C(C)C(O)C(C)C(C)C2O1)Oc1ccc(C=[N+](O)C(C)(C)C)cc1. The van der Waals surface area contributed by atoms with Crippen LogP contribution in [0, 0.1) is 23.7 Å². The Kier molecular flexibility index (Phi) is 8.40. The smallest absolute Gasteiger partial charge is 0.223 e. The zero-order valence-corrected chi connectivity index (χ0v) is 22.6. The Labute approximate surface area is 207 Å². The van der Waals surface area contributed by atoms with E-state index in [4.69, 9.17) is 9.47 Å². The van der Waals surface area contributed by atoms with E-state index in [-0.39, 0.29) is 35.4 Å². The van der Waals surface area contributed by atoms with Gasteiger partial charge in [-0.2, -0.15) is 0 Å². The van der Waals surface area contributed by atoms with Gasteiger partial charge < -0.3 is 14.6 Å². The van der Waals surface area contributed by atoms with Crippen LogP contribution in [0.1, 0.15) is 93.1 Å². The molecule has 34 heavy (non-hydrogen) atoms. The van der Waals surface area contributed by atoms with Gasteiger partial charge in [-0.3, -0.25) is 5.21 Å². The molecule has 0 aromatic heterocycles. The van der Waals surface area contributed by atoms with Crippen LogP contribution >= 0.6 is 0 Å². The normalized spacial score (nSPS) is 35.5. The largest absolute Gasteiger partial charge is 0.491 e. The van der Waals surface area contributed by atoms with Crippen LogP contribution in [-0.4, -0.2) is 50.7 Å². The van der Waals surface area contributed by atoms with Crippen LogP contribution in [0.4, 0.5) is 0 Å². The fourth-order valence-electron chi connectivity index (χ4n) is 5.72. The topological polar surface area (TPSA) is 61.9 Å². The van der Waals surface area contributed by atoms with Gasteiger partial charge in [0.2, 0.25) is 11.8 Å². The molecule has 5 heteroatoms. The van der Waals surface area contributed by atoms with Crippen molar-refractivity contribution in [2.45, 2.75) is 117 Å². The molecule has 2 fully saturated rings. The maximum absolute atomic E-state index is 10.6. The molecule has 1 aliphatic heterocycles. The van der Waals surface area contributed by atoms with Crippen molar-refractivity contribution in [2.24, 2.45) is 23.7 Å². The first-order chi connectivity index (χ1) is 15.8. The Morgan fingerprint density at radius 1 is 1.15 bits per heavy atom. The molecule has 5 nitrogen and oxygen atoms in total. The Bertz CT molecular complexity index is 830. The summed E-state index contributed by atoms with van der Waals surface area (Å²) in [6.45, 7) is 16.9. The molecular formula is C29H48NO4+. The van der Waals surface area contributed by atoms with E-state index in [1.54, 1.807) is 6.21 Å². The monoisotopic (exact) mass is 474 g/mol. The fourth-order valence-corrected chi connectivity index (χ4v) is 5.72. The maximum Gasteiger partial charge on any atom is 0.223 e. The van der Waals surface area contributed by atoms with Crippen LogP contribution < -0.4 is 4.74 Å². The third-order valence-electron chi connectivity index (χ3n) is 8.44. The molecule has 0 radical (unpaired) electrons. The zero-order chi connectivity index (χ0) is 25.3. The van der Waals surface area contributed by atoms with Crippen molar-refractivity contribution >= 4 is 6.21 Å². The van der Waals surface area contributed by atoms with Crippen molar-refractivity contribution in [1.29, 1.82) is 0 Å². The molecule has 1 aliphatic carbocycles. The Morgan fingerprint density at radius 3 is 2.41 bits per heavy atom.